The fraction of sp³-hybridized carbons (Fsp3) is 0.625. The Morgan fingerprint density at radius 1 is 0.562 bits per heavy atom. The summed E-state index contributed by atoms with van der Waals surface area (Å²) in [4.78, 5) is 0. The second-order valence-corrected chi connectivity index (χ2v) is 18.4. The molecule has 0 fully saturated rings. The zero-order chi connectivity index (χ0) is 35.8. The highest BCUT2D eigenvalue weighted by atomic mass is 31.2. The highest BCUT2D eigenvalue weighted by molar-refractivity contribution is 7.54. The van der Waals surface area contributed by atoms with Gasteiger partial charge in [-0.15, -0.1) is 0 Å². The van der Waals surface area contributed by atoms with E-state index in [1.54, 1.807) is 13.8 Å². The molecule has 16 heteroatoms. The Balaban J connectivity index is 2.52. The van der Waals surface area contributed by atoms with Crippen LogP contribution in [0.2, 0.25) is 0 Å². The molecule has 0 aliphatic rings. The predicted molar refractivity (Wildman–Crippen MR) is 186 cm³/mol. The van der Waals surface area contributed by atoms with E-state index in [1.165, 1.54) is 28.4 Å². The van der Waals surface area contributed by atoms with Crippen LogP contribution in [0.1, 0.15) is 47.2 Å². The third kappa shape index (κ3) is 13.5. The van der Waals surface area contributed by atoms with Crippen LogP contribution in [0.15, 0.2) is 36.4 Å². The van der Waals surface area contributed by atoms with E-state index in [-0.39, 0.29) is 38.2 Å². The highest BCUT2D eigenvalue weighted by Gasteiger charge is 2.28. The largest absolute Gasteiger partial charge is 0.394 e. The molecule has 13 nitrogen and oxygen atoms in total. The van der Waals surface area contributed by atoms with Gasteiger partial charge in [0.2, 0.25) is 0 Å². The van der Waals surface area contributed by atoms with Crippen LogP contribution in [0.3, 0.4) is 0 Å². The lowest BCUT2D eigenvalue weighted by Gasteiger charge is -2.29. The summed E-state index contributed by atoms with van der Waals surface area (Å²) in [6.07, 6.45) is 2.24. The minimum Gasteiger partial charge on any atom is -0.394 e. The van der Waals surface area contributed by atoms with Crippen LogP contribution in [0, 0.1) is 0 Å². The van der Waals surface area contributed by atoms with E-state index in [9.17, 15) is 29.0 Å². The van der Waals surface area contributed by atoms with Gasteiger partial charge < -0.3 is 47.8 Å². The number of nitrogens with one attached hydrogen (secondary N) is 1. The van der Waals surface area contributed by atoms with Crippen molar-refractivity contribution in [1.82, 2.24) is 5.32 Å². The maximum absolute atomic E-state index is 13.2. The van der Waals surface area contributed by atoms with Gasteiger partial charge in [-0.25, -0.2) is 0 Å². The molecule has 0 amide bonds. The molecule has 0 bridgehead atoms. The number of hydrogen-bond acceptors (Lipinski definition) is 13. The van der Waals surface area contributed by atoms with E-state index < -0.39 is 48.1 Å². The first-order chi connectivity index (χ1) is 22.8. The van der Waals surface area contributed by atoms with Gasteiger partial charge in [0.1, 0.15) is 0 Å². The van der Waals surface area contributed by atoms with Crippen molar-refractivity contribution >= 4 is 22.8 Å². The van der Waals surface area contributed by atoms with Gasteiger partial charge in [0.15, 0.2) is 0 Å². The third-order valence-corrected chi connectivity index (χ3v) is 13.8. The lowest BCUT2D eigenvalue weighted by molar-refractivity contribution is 0.0413. The second-order valence-electron chi connectivity index (χ2n) is 11.4. The summed E-state index contributed by atoms with van der Waals surface area (Å²) in [6.45, 7) is 2.87. The van der Waals surface area contributed by atoms with Crippen molar-refractivity contribution in [2.75, 3.05) is 80.0 Å². The van der Waals surface area contributed by atoms with E-state index in [2.05, 4.69) is 5.32 Å². The van der Waals surface area contributed by atoms with Crippen LogP contribution < -0.4 is 5.32 Å². The summed E-state index contributed by atoms with van der Waals surface area (Å²) in [5.74, 6) is 0. The minimum absolute atomic E-state index is 0.171. The molecule has 0 heterocycles. The van der Waals surface area contributed by atoms with Gasteiger partial charge in [0.25, 0.3) is 0 Å². The van der Waals surface area contributed by atoms with Crippen LogP contribution in [0.5, 0.6) is 0 Å². The fourth-order valence-electron chi connectivity index (χ4n) is 5.13. The molecule has 4 N–H and O–H groups in total. The molecular weight excluding hydrogens is 683 g/mol. The Labute approximate surface area is 285 Å². The average Bonchev–Trinajstić information content (AvgIpc) is 3.09. The number of hydrogen-bond donors (Lipinski definition) is 4. The van der Waals surface area contributed by atoms with E-state index in [4.69, 9.17) is 27.1 Å². The summed E-state index contributed by atoms with van der Waals surface area (Å²) in [5.41, 5.74) is 4.09. The second kappa shape index (κ2) is 20.5. The van der Waals surface area contributed by atoms with Gasteiger partial charge in [-0.05, 0) is 72.9 Å². The smallest absolute Gasteiger partial charge is 0.330 e. The van der Waals surface area contributed by atoms with Crippen molar-refractivity contribution in [1.29, 1.82) is 0 Å². The monoisotopic (exact) mass is 737 g/mol. The molecule has 0 unspecified atom stereocenters. The maximum Gasteiger partial charge on any atom is 0.330 e. The molecule has 0 aliphatic carbocycles. The molecule has 2 aromatic carbocycles. The Kier molecular flexibility index (Phi) is 18.4. The molecule has 0 radical (unpaired) electrons. The van der Waals surface area contributed by atoms with Gasteiger partial charge in [-0.1, -0.05) is 36.4 Å². The van der Waals surface area contributed by atoms with Crippen LogP contribution in [0.25, 0.3) is 0 Å². The lowest BCUT2D eigenvalue weighted by atomic mass is 9.95. The number of rotatable bonds is 25. The standard InChI is InChI=1S/C32H54NO12P3/c1-7-44-48(39,45-8-2)14-11-28-18-30(21-31(19-28)22-33-32(23-34,24-35)25-36)20-29-16-26(9-12-46(37,40-3)41-4)15-27(17-29)10-13-47(38,42-5)43-6/h15-19,21,33-36H,7-14,20,22-25H2,1-6H3. The average molecular weight is 738 g/mol. The van der Waals surface area contributed by atoms with E-state index in [0.717, 1.165) is 33.4 Å². The molecule has 274 valence electrons. The summed E-state index contributed by atoms with van der Waals surface area (Å²) in [5, 5.41) is 32.6. The quantitative estimate of drug-likeness (QED) is 0.101. The molecule has 0 saturated carbocycles. The zero-order valence-electron chi connectivity index (χ0n) is 29.0. The molecule has 2 aromatic rings. The first-order valence-electron chi connectivity index (χ1n) is 15.9. The van der Waals surface area contributed by atoms with Crippen LogP contribution in [-0.2, 0) is 73.1 Å². The minimum atomic E-state index is -3.31. The zero-order valence-corrected chi connectivity index (χ0v) is 31.7. The van der Waals surface area contributed by atoms with Gasteiger partial charge in [0, 0.05) is 35.0 Å². The van der Waals surface area contributed by atoms with Crippen molar-refractivity contribution in [2.24, 2.45) is 0 Å². The molecule has 0 atom stereocenters. The van der Waals surface area contributed by atoms with Crippen molar-refractivity contribution in [3.63, 3.8) is 0 Å². The first kappa shape index (κ1) is 42.9. The SMILES string of the molecule is CCOP(=O)(CCc1cc(CNC(CO)(CO)CO)cc(Cc2cc(CCP(=O)(OC)OC)cc(CCP(=O)(OC)OC)c2)c1)OCC. The molecule has 48 heavy (non-hydrogen) atoms. The Morgan fingerprint density at radius 3 is 1.25 bits per heavy atom. The van der Waals surface area contributed by atoms with Gasteiger partial charge in [-0.3, -0.25) is 13.7 Å². The molecule has 0 saturated heterocycles. The summed E-state index contributed by atoms with van der Waals surface area (Å²) < 4.78 is 70.4. The van der Waals surface area contributed by atoms with Crippen molar-refractivity contribution < 1.29 is 56.2 Å². The van der Waals surface area contributed by atoms with Gasteiger partial charge in [-0.2, -0.15) is 0 Å². The van der Waals surface area contributed by atoms with Crippen molar-refractivity contribution in [2.45, 2.75) is 51.6 Å². The summed E-state index contributed by atoms with van der Waals surface area (Å²) in [7, 11) is -4.41. The Morgan fingerprint density at radius 2 is 0.896 bits per heavy atom. The Hall–Kier alpha value is -1.27. The number of aliphatic hydroxyl groups is 3. The number of benzene rings is 2. The van der Waals surface area contributed by atoms with Crippen LogP contribution >= 0.6 is 22.8 Å². The maximum atomic E-state index is 13.2. The van der Waals surface area contributed by atoms with E-state index in [1.807, 2.05) is 36.4 Å². The number of aliphatic hydroxyl groups excluding tert-OH is 3. The summed E-state index contributed by atoms with van der Waals surface area (Å²) in [6, 6.07) is 11.9. The molecule has 2 rings (SSSR count). The fourth-order valence-corrected chi connectivity index (χ4v) is 8.88. The summed E-state index contributed by atoms with van der Waals surface area (Å²) >= 11 is 0. The van der Waals surface area contributed by atoms with Gasteiger partial charge in [0.05, 0.1) is 57.1 Å². The molecule has 0 aromatic heterocycles. The number of aryl methyl sites for hydroxylation is 3. The topological polar surface area (TPSA) is 179 Å². The highest BCUT2D eigenvalue weighted by Crippen LogP contribution is 2.49. The van der Waals surface area contributed by atoms with Crippen molar-refractivity contribution in [3.8, 4) is 0 Å². The molecule has 0 spiro atoms. The van der Waals surface area contributed by atoms with Crippen LogP contribution in [0.4, 0.5) is 0 Å². The van der Waals surface area contributed by atoms with Crippen LogP contribution in [-0.4, -0.2) is 101 Å². The van der Waals surface area contributed by atoms with Crippen molar-refractivity contribution in [3.05, 3.63) is 69.8 Å². The first-order valence-corrected chi connectivity index (χ1v) is 21.1. The normalized spacial score (nSPS) is 12.9. The van der Waals surface area contributed by atoms with Gasteiger partial charge >= 0.3 is 22.8 Å². The van der Waals surface area contributed by atoms with E-state index in [0.29, 0.717) is 25.7 Å². The lowest BCUT2D eigenvalue weighted by Crippen LogP contribution is -2.54. The Bertz CT molecular complexity index is 1340. The molecular formula is C32H54NO12P3. The van der Waals surface area contributed by atoms with E-state index >= 15 is 0 Å². The third-order valence-electron chi connectivity index (χ3n) is 8.00. The predicted octanol–water partition coefficient (Wildman–Crippen LogP) is 4.95. The molecule has 0 aliphatic heterocycles.